The molecule has 25 heavy (non-hydrogen) atoms. The summed E-state index contributed by atoms with van der Waals surface area (Å²) in [5, 5.41) is 3.14. The minimum Gasteiger partial charge on any atom is -0.451 e. The fraction of sp³-hybridized carbons (Fsp3) is 0.700. The number of hydrogen-bond donors (Lipinski definition) is 1. The Hall–Kier alpha value is -1.36. The molecule has 0 unspecified atom stereocenters. The standard InChI is InChI=1S/C20H27NO3S/c1-12-3-4-17(25-12)19(23)24-11-18(22)21-13(2)20-8-14-5-15(9-20)7-16(6-14)10-20/h3-4,13-16H,5-11H2,1-2H3,(H,21,22)/t13-,14?,15?,16?,20?/m0/s1. The van der Waals surface area contributed by atoms with Gasteiger partial charge in [-0.3, -0.25) is 4.79 Å². The van der Waals surface area contributed by atoms with E-state index in [1.54, 1.807) is 6.07 Å². The van der Waals surface area contributed by atoms with Crippen LogP contribution < -0.4 is 5.32 Å². The Bertz CT molecular complexity index is 645. The van der Waals surface area contributed by atoms with Gasteiger partial charge < -0.3 is 10.1 Å². The molecule has 1 atom stereocenters. The molecule has 136 valence electrons. The number of thiophene rings is 1. The lowest BCUT2D eigenvalue weighted by Crippen LogP contribution is -2.56. The van der Waals surface area contributed by atoms with Crippen LogP contribution in [0.25, 0.3) is 0 Å². The van der Waals surface area contributed by atoms with Gasteiger partial charge in [-0.1, -0.05) is 0 Å². The Labute approximate surface area is 153 Å². The van der Waals surface area contributed by atoms with Crippen LogP contribution in [0.2, 0.25) is 0 Å². The normalized spacial score (nSPS) is 33.9. The maximum absolute atomic E-state index is 12.3. The highest BCUT2D eigenvalue weighted by Crippen LogP contribution is 2.61. The highest BCUT2D eigenvalue weighted by atomic mass is 32.1. The molecule has 5 heteroatoms. The van der Waals surface area contributed by atoms with E-state index in [1.165, 1.54) is 49.9 Å². The van der Waals surface area contributed by atoms with Gasteiger partial charge in [-0.05, 0) is 87.7 Å². The van der Waals surface area contributed by atoms with Gasteiger partial charge in [0.1, 0.15) is 4.88 Å². The fourth-order valence-corrected chi connectivity index (χ4v) is 6.65. The third-order valence-corrected chi connectivity index (χ3v) is 7.64. The van der Waals surface area contributed by atoms with E-state index in [4.69, 9.17) is 4.74 Å². The van der Waals surface area contributed by atoms with Gasteiger partial charge >= 0.3 is 5.97 Å². The maximum atomic E-state index is 12.3. The van der Waals surface area contributed by atoms with Crippen molar-refractivity contribution < 1.29 is 14.3 Å². The van der Waals surface area contributed by atoms with Crippen LogP contribution in [0.5, 0.6) is 0 Å². The molecule has 4 aliphatic carbocycles. The molecule has 4 aliphatic rings. The number of rotatable bonds is 5. The molecule has 4 fully saturated rings. The lowest BCUT2D eigenvalue weighted by Gasteiger charge is -2.59. The second-order valence-corrected chi connectivity index (χ2v) is 9.84. The van der Waals surface area contributed by atoms with Gasteiger partial charge in [0.2, 0.25) is 0 Å². The van der Waals surface area contributed by atoms with E-state index in [1.807, 2.05) is 13.0 Å². The fourth-order valence-electron chi connectivity index (χ4n) is 5.89. The summed E-state index contributed by atoms with van der Waals surface area (Å²) in [6.45, 7) is 3.91. The SMILES string of the molecule is Cc1ccc(C(=O)OCC(=O)N[C@@H](C)C23CC4CC(CC(C4)C2)C3)s1. The summed E-state index contributed by atoms with van der Waals surface area (Å²) < 4.78 is 5.18. The predicted molar refractivity (Wildman–Crippen MR) is 97.5 cm³/mol. The van der Waals surface area contributed by atoms with Crippen molar-refractivity contribution in [2.24, 2.45) is 23.2 Å². The van der Waals surface area contributed by atoms with Gasteiger partial charge in [0.25, 0.3) is 5.91 Å². The Kier molecular flexibility index (Phi) is 4.38. The third kappa shape index (κ3) is 3.35. The first kappa shape index (κ1) is 17.1. The number of esters is 1. The van der Waals surface area contributed by atoms with Gasteiger partial charge in [0, 0.05) is 10.9 Å². The average Bonchev–Trinajstić information content (AvgIpc) is 2.98. The first-order chi connectivity index (χ1) is 11.9. The van der Waals surface area contributed by atoms with Crippen molar-refractivity contribution in [3.05, 3.63) is 21.9 Å². The molecule has 4 bridgehead atoms. The van der Waals surface area contributed by atoms with Gasteiger partial charge in [-0.15, -0.1) is 11.3 Å². The second kappa shape index (κ2) is 6.42. The highest BCUT2D eigenvalue weighted by Gasteiger charge is 2.53. The highest BCUT2D eigenvalue weighted by molar-refractivity contribution is 7.13. The minimum atomic E-state index is -0.407. The van der Waals surface area contributed by atoms with Gasteiger partial charge in [0.05, 0.1) is 0 Å². The first-order valence-electron chi connectivity index (χ1n) is 9.46. The molecule has 0 aliphatic heterocycles. The van der Waals surface area contributed by atoms with E-state index in [9.17, 15) is 9.59 Å². The first-order valence-corrected chi connectivity index (χ1v) is 10.3. The zero-order valence-corrected chi connectivity index (χ0v) is 15.9. The number of hydrogen-bond acceptors (Lipinski definition) is 4. The number of amides is 1. The zero-order valence-electron chi connectivity index (χ0n) is 15.0. The van der Waals surface area contributed by atoms with E-state index in [2.05, 4.69) is 12.2 Å². The smallest absolute Gasteiger partial charge is 0.348 e. The van der Waals surface area contributed by atoms with Crippen molar-refractivity contribution in [3.8, 4) is 0 Å². The van der Waals surface area contributed by atoms with Crippen molar-refractivity contribution >= 4 is 23.2 Å². The number of nitrogens with one attached hydrogen (secondary N) is 1. The lowest BCUT2D eigenvalue weighted by atomic mass is 9.48. The van der Waals surface area contributed by atoms with E-state index in [-0.39, 0.29) is 24.0 Å². The molecule has 1 aromatic heterocycles. The predicted octanol–water partition coefficient (Wildman–Crippen LogP) is 3.93. The molecule has 1 N–H and O–H groups in total. The van der Waals surface area contributed by atoms with Crippen LogP contribution in [0.15, 0.2) is 12.1 Å². The minimum absolute atomic E-state index is 0.163. The molecule has 0 spiro atoms. The molecule has 0 radical (unpaired) electrons. The lowest BCUT2D eigenvalue weighted by molar-refractivity contribution is -0.128. The summed E-state index contributed by atoms with van der Waals surface area (Å²) in [6.07, 6.45) is 7.98. The molecular weight excluding hydrogens is 334 g/mol. The van der Waals surface area contributed by atoms with Crippen molar-refractivity contribution in [1.29, 1.82) is 0 Å². The van der Waals surface area contributed by atoms with Crippen LogP contribution in [-0.2, 0) is 9.53 Å². The third-order valence-electron chi connectivity index (χ3n) is 6.66. The summed E-state index contributed by atoms with van der Waals surface area (Å²) >= 11 is 1.39. The van der Waals surface area contributed by atoms with Gasteiger partial charge in [-0.2, -0.15) is 0 Å². The Balaban J connectivity index is 1.31. The van der Waals surface area contributed by atoms with Gasteiger partial charge in [-0.25, -0.2) is 4.79 Å². The average molecular weight is 362 g/mol. The van der Waals surface area contributed by atoms with Crippen LogP contribution in [0.4, 0.5) is 0 Å². The summed E-state index contributed by atoms with van der Waals surface area (Å²) in [7, 11) is 0. The summed E-state index contributed by atoms with van der Waals surface area (Å²) in [6, 6.07) is 3.80. The number of ether oxygens (including phenoxy) is 1. The largest absolute Gasteiger partial charge is 0.451 e. The van der Waals surface area contributed by atoms with Gasteiger partial charge in [0.15, 0.2) is 6.61 Å². The zero-order chi connectivity index (χ0) is 17.6. The molecule has 1 aromatic rings. The van der Waals surface area contributed by atoms with Crippen LogP contribution in [-0.4, -0.2) is 24.5 Å². The maximum Gasteiger partial charge on any atom is 0.348 e. The quantitative estimate of drug-likeness (QED) is 0.809. The van der Waals surface area contributed by atoms with E-state index >= 15 is 0 Å². The molecule has 0 aromatic carbocycles. The number of aryl methyl sites for hydroxylation is 1. The van der Waals surface area contributed by atoms with Crippen LogP contribution >= 0.6 is 11.3 Å². The van der Waals surface area contributed by atoms with Crippen LogP contribution in [0.3, 0.4) is 0 Å². The molecular formula is C20H27NO3S. The molecule has 1 amide bonds. The van der Waals surface area contributed by atoms with E-state index < -0.39 is 5.97 Å². The monoisotopic (exact) mass is 361 g/mol. The Morgan fingerprint density at radius 2 is 1.80 bits per heavy atom. The van der Waals surface area contributed by atoms with Crippen molar-refractivity contribution in [2.45, 2.75) is 58.4 Å². The summed E-state index contributed by atoms with van der Waals surface area (Å²) in [5.74, 6) is 2.02. The molecule has 1 heterocycles. The number of carbonyl (C=O) groups is 2. The number of carbonyl (C=O) groups excluding carboxylic acids is 2. The molecule has 4 saturated carbocycles. The van der Waals surface area contributed by atoms with Crippen molar-refractivity contribution in [3.63, 3.8) is 0 Å². The van der Waals surface area contributed by atoms with E-state index in [0.717, 1.165) is 22.6 Å². The Morgan fingerprint density at radius 1 is 1.20 bits per heavy atom. The van der Waals surface area contributed by atoms with Crippen LogP contribution in [0.1, 0.15) is 60.0 Å². The Morgan fingerprint density at radius 3 is 2.32 bits per heavy atom. The molecule has 5 rings (SSSR count). The molecule has 4 nitrogen and oxygen atoms in total. The van der Waals surface area contributed by atoms with Crippen molar-refractivity contribution in [1.82, 2.24) is 5.32 Å². The second-order valence-electron chi connectivity index (χ2n) is 8.56. The summed E-state index contributed by atoms with van der Waals surface area (Å²) in [4.78, 5) is 25.9. The van der Waals surface area contributed by atoms with Crippen molar-refractivity contribution in [2.75, 3.05) is 6.61 Å². The summed E-state index contributed by atoms with van der Waals surface area (Å²) in [5.41, 5.74) is 0.277. The van der Waals surface area contributed by atoms with E-state index in [0.29, 0.717) is 4.88 Å². The molecule has 0 saturated heterocycles. The van der Waals surface area contributed by atoms with Crippen LogP contribution in [0, 0.1) is 30.1 Å². The topological polar surface area (TPSA) is 55.4 Å².